The van der Waals surface area contributed by atoms with Gasteiger partial charge in [-0.1, -0.05) is 12.1 Å². The molecule has 156 valence electrons. The fraction of sp³-hybridized carbons (Fsp3) is 0.150. The van der Waals surface area contributed by atoms with Crippen molar-refractivity contribution in [3.8, 4) is 5.75 Å². The summed E-state index contributed by atoms with van der Waals surface area (Å²) in [5.41, 5.74) is 6.83. The maximum atomic E-state index is 12.3. The first-order valence-electron chi connectivity index (χ1n) is 9.11. The number of hydrogen-bond acceptors (Lipinski definition) is 7. The molecule has 30 heavy (non-hydrogen) atoms. The van der Waals surface area contributed by atoms with Gasteiger partial charge < -0.3 is 15.8 Å². The van der Waals surface area contributed by atoms with Gasteiger partial charge in [0.2, 0.25) is 11.9 Å². The molecule has 4 N–H and O–H groups in total. The molecule has 1 heterocycles. The number of ether oxygens (including phenoxy) is 1. The molecule has 0 unspecified atom stereocenters. The number of amides is 1. The third-order valence-electron chi connectivity index (χ3n) is 3.96. The summed E-state index contributed by atoms with van der Waals surface area (Å²) >= 11 is 0. The lowest BCUT2D eigenvalue weighted by atomic mass is 10.2. The molecule has 0 spiro atoms. The number of rotatable bonds is 9. The third-order valence-corrected chi connectivity index (χ3v) is 5.31. The third kappa shape index (κ3) is 5.92. The summed E-state index contributed by atoms with van der Waals surface area (Å²) < 4.78 is 32.5. The number of carbonyl (C=O) groups excluding carboxylic acids is 1. The van der Waals surface area contributed by atoms with Crippen molar-refractivity contribution in [2.24, 2.45) is 0 Å². The number of hydrogen-bond donors (Lipinski definition) is 3. The topological polar surface area (TPSA) is 136 Å². The molecule has 0 atom stereocenters. The summed E-state index contributed by atoms with van der Waals surface area (Å²) in [6.45, 7) is 0.353. The van der Waals surface area contributed by atoms with Gasteiger partial charge in [-0.15, -0.1) is 0 Å². The first kappa shape index (κ1) is 21.1. The molecule has 1 aromatic heterocycles. The number of benzene rings is 2. The molecule has 0 radical (unpaired) electrons. The highest BCUT2D eigenvalue weighted by molar-refractivity contribution is 7.92. The van der Waals surface area contributed by atoms with Gasteiger partial charge >= 0.3 is 0 Å². The number of nitrogens with one attached hydrogen (secondary N) is 2. The van der Waals surface area contributed by atoms with Crippen LogP contribution >= 0.6 is 0 Å². The van der Waals surface area contributed by atoms with Crippen molar-refractivity contribution in [2.75, 3.05) is 22.4 Å². The molecule has 9 nitrogen and oxygen atoms in total. The number of anilines is 3. The van der Waals surface area contributed by atoms with Gasteiger partial charge in [0.15, 0.2) is 0 Å². The van der Waals surface area contributed by atoms with Crippen LogP contribution in [0.1, 0.15) is 12.8 Å². The molecule has 10 heteroatoms. The molecule has 0 aliphatic carbocycles. The van der Waals surface area contributed by atoms with Crippen LogP contribution < -0.4 is 20.5 Å². The van der Waals surface area contributed by atoms with E-state index in [9.17, 15) is 13.2 Å². The van der Waals surface area contributed by atoms with E-state index in [0.29, 0.717) is 30.2 Å². The molecular weight excluding hydrogens is 406 g/mol. The van der Waals surface area contributed by atoms with Gasteiger partial charge in [-0.3, -0.25) is 4.79 Å². The summed E-state index contributed by atoms with van der Waals surface area (Å²) in [5, 5.41) is 2.72. The lowest BCUT2D eigenvalue weighted by Crippen LogP contribution is -2.15. The smallest absolute Gasteiger partial charge is 0.264 e. The van der Waals surface area contributed by atoms with Gasteiger partial charge in [-0.25, -0.2) is 23.1 Å². The summed E-state index contributed by atoms with van der Waals surface area (Å²) in [4.78, 5) is 19.8. The van der Waals surface area contributed by atoms with E-state index >= 15 is 0 Å². The van der Waals surface area contributed by atoms with Crippen LogP contribution in [0.5, 0.6) is 5.75 Å². The Bertz CT molecular complexity index is 1090. The Morgan fingerprint density at radius 3 is 2.40 bits per heavy atom. The van der Waals surface area contributed by atoms with E-state index in [0.717, 1.165) is 0 Å². The number of nitrogen functional groups attached to an aromatic ring is 1. The van der Waals surface area contributed by atoms with Gasteiger partial charge in [-0.2, -0.15) is 0 Å². The minimum Gasteiger partial charge on any atom is -0.491 e. The van der Waals surface area contributed by atoms with Gasteiger partial charge in [0.05, 0.1) is 17.2 Å². The largest absolute Gasteiger partial charge is 0.491 e. The van der Waals surface area contributed by atoms with Crippen LogP contribution in [0.15, 0.2) is 71.9 Å². The Morgan fingerprint density at radius 2 is 1.70 bits per heavy atom. The van der Waals surface area contributed by atoms with Crippen LogP contribution in [0.25, 0.3) is 0 Å². The maximum absolute atomic E-state index is 12.3. The summed E-state index contributed by atoms with van der Waals surface area (Å²) in [6.07, 6.45) is 3.62. The summed E-state index contributed by atoms with van der Waals surface area (Å²) in [6, 6.07) is 14.5. The van der Waals surface area contributed by atoms with Crippen molar-refractivity contribution < 1.29 is 17.9 Å². The molecule has 0 aliphatic heterocycles. The Kier molecular flexibility index (Phi) is 6.81. The van der Waals surface area contributed by atoms with Crippen LogP contribution in [0.2, 0.25) is 0 Å². The van der Waals surface area contributed by atoms with Crippen molar-refractivity contribution in [3.05, 3.63) is 67.0 Å². The van der Waals surface area contributed by atoms with Crippen molar-refractivity contribution in [3.63, 3.8) is 0 Å². The second-order valence-electron chi connectivity index (χ2n) is 6.24. The van der Waals surface area contributed by atoms with Gasteiger partial charge in [0.1, 0.15) is 5.75 Å². The summed E-state index contributed by atoms with van der Waals surface area (Å²) in [7, 11) is -3.82. The van der Waals surface area contributed by atoms with Crippen molar-refractivity contribution in [1.29, 1.82) is 0 Å². The molecule has 0 saturated heterocycles. The van der Waals surface area contributed by atoms with E-state index in [-0.39, 0.29) is 23.2 Å². The average molecular weight is 427 g/mol. The molecule has 0 saturated carbocycles. The zero-order valence-corrected chi connectivity index (χ0v) is 16.8. The number of sulfonamides is 1. The lowest BCUT2D eigenvalue weighted by Gasteiger charge is -2.09. The Hall–Kier alpha value is -3.66. The molecule has 0 bridgehead atoms. The number of nitrogens with two attached hydrogens (primary N) is 1. The van der Waals surface area contributed by atoms with E-state index in [1.54, 1.807) is 18.2 Å². The highest BCUT2D eigenvalue weighted by Gasteiger charge is 2.15. The fourth-order valence-corrected chi connectivity index (χ4v) is 3.46. The van der Waals surface area contributed by atoms with Crippen LogP contribution in [0.3, 0.4) is 0 Å². The molecule has 1 amide bonds. The molecule has 3 aromatic rings. The molecule has 3 rings (SSSR count). The van der Waals surface area contributed by atoms with E-state index < -0.39 is 10.0 Å². The number of carbonyl (C=O) groups is 1. The highest BCUT2D eigenvalue weighted by Crippen LogP contribution is 2.20. The quantitative estimate of drug-likeness (QED) is 0.353. The minimum absolute atomic E-state index is 0.0191. The van der Waals surface area contributed by atoms with Crippen molar-refractivity contribution in [1.82, 2.24) is 9.97 Å². The van der Waals surface area contributed by atoms with Crippen molar-refractivity contribution in [2.45, 2.75) is 17.7 Å². The van der Waals surface area contributed by atoms with Crippen LogP contribution in [0, 0.1) is 0 Å². The predicted octanol–water partition coefficient (Wildman–Crippen LogP) is 2.66. The second kappa shape index (κ2) is 9.70. The number of para-hydroxylation sites is 2. The normalized spacial score (nSPS) is 10.9. The van der Waals surface area contributed by atoms with Gasteiger partial charge in [0, 0.05) is 24.5 Å². The minimum atomic E-state index is -3.82. The fourth-order valence-electron chi connectivity index (χ4n) is 2.50. The highest BCUT2D eigenvalue weighted by atomic mass is 32.2. The van der Waals surface area contributed by atoms with E-state index in [2.05, 4.69) is 20.0 Å². The molecule has 0 fully saturated rings. The Labute approximate surface area is 174 Å². The first-order chi connectivity index (χ1) is 14.4. The molecular formula is C20H21N5O4S. The number of aromatic nitrogens is 2. The first-order valence-corrected chi connectivity index (χ1v) is 10.6. The Balaban J connectivity index is 1.47. The Morgan fingerprint density at radius 1 is 1.00 bits per heavy atom. The van der Waals surface area contributed by atoms with Gasteiger partial charge in [0.25, 0.3) is 10.0 Å². The van der Waals surface area contributed by atoms with Crippen molar-refractivity contribution >= 4 is 33.3 Å². The predicted molar refractivity (Wildman–Crippen MR) is 113 cm³/mol. The van der Waals surface area contributed by atoms with Crippen LogP contribution in [-0.2, 0) is 14.8 Å². The lowest BCUT2D eigenvalue weighted by molar-refractivity contribution is -0.116. The average Bonchev–Trinajstić information content (AvgIpc) is 2.73. The SMILES string of the molecule is Nc1ccccc1OCCCC(=O)Nc1ccc(S(=O)(=O)Nc2ncccn2)cc1. The zero-order valence-electron chi connectivity index (χ0n) is 16.0. The monoisotopic (exact) mass is 427 g/mol. The zero-order chi connectivity index (χ0) is 21.4. The van der Waals surface area contributed by atoms with E-state index in [4.69, 9.17) is 10.5 Å². The summed E-state index contributed by atoms with van der Waals surface area (Å²) in [5.74, 6) is 0.365. The van der Waals surface area contributed by atoms with Gasteiger partial charge in [-0.05, 0) is 48.9 Å². The maximum Gasteiger partial charge on any atom is 0.264 e. The standard InChI is InChI=1S/C20H21N5O4S/c21-17-5-1-2-6-18(17)29-14-3-7-19(26)24-15-8-10-16(11-9-15)30(27,28)25-20-22-12-4-13-23-20/h1-2,4-6,8-13H,3,7,14,21H2,(H,24,26)(H,22,23,25). The molecule has 0 aliphatic rings. The van der Waals surface area contributed by atoms with Crippen LogP contribution in [0.4, 0.5) is 17.3 Å². The second-order valence-corrected chi connectivity index (χ2v) is 7.92. The van der Waals surface area contributed by atoms with E-state index in [1.807, 2.05) is 12.1 Å². The van der Waals surface area contributed by atoms with E-state index in [1.165, 1.54) is 36.7 Å². The number of nitrogens with zero attached hydrogens (tertiary/aromatic N) is 2. The molecule has 2 aromatic carbocycles. The van der Waals surface area contributed by atoms with Crippen LogP contribution in [-0.4, -0.2) is 30.9 Å².